The largest absolute Gasteiger partial charge is 0.353 e. The molecule has 0 bridgehead atoms. The summed E-state index contributed by atoms with van der Waals surface area (Å²) < 4.78 is 27.2. The van der Waals surface area contributed by atoms with Crippen molar-refractivity contribution in [3.8, 4) is 0 Å². The van der Waals surface area contributed by atoms with Crippen molar-refractivity contribution in [2.24, 2.45) is 0 Å². The number of aromatic nitrogens is 2. The third-order valence-corrected chi connectivity index (χ3v) is 8.88. The zero-order chi connectivity index (χ0) is 21.3. The third-order valence-electron chi connectivity index (χ3n) is 6.11. The summed E-state index contributed by atoms with van der Waals surface area (Å²) in [7, 11) is -3.44. The Bertz CT molecular complexity index is 1200. The quantitative estimate of drug-likeness (QED) is 0.556. The molecule has 0 atom stereocenters. The summed E-state index contributed by atoms with van der Waals surface area (Å²) in [6.07, 6.45) is 9.28. The van der Waals surface area contributed by atoms with Gasteiger partial charge in [-0.15, -0.1) is 11.3 Å². The summed E-state index contributed by atoms with van der Waals surface area (Å²) in [6.45, 7) is 2.18. The minimum Gasteiger partial charge on any atom is -0.353 e. The Morgan fingerprint density at radius 1 is 0.935 bits per heavy atom. The van der Waals surface area contributed by atoms with Gasteiger partial charge in [0.05, 0.1) is 5.39 Å². The molecule has 0 amide bonds. The van der Waals surface area contributed by atoms with Crippen LogP contribution in [0.1, 0.15) is 35.3 Å². The second kappa shape index (κ2) is 8.68. The molecule has 3 heterocycles. The van der Waals surface area contributed by atoms with Gasteiger partial charge in [-0.25, -0.2) is 18.4 Å². The molecule has 0 unspecified atom stereocenters. The third kappa shape index (κ3) is 4.24. The van der Waals surface area contributed by atoms with E-state index in [2.05, 4.69) is 14.9 Å². The number of rotatable bonds is 4. The molecule has 2 aromatic heterocycles. The number of hydrogen-bond acceptors (Lipinski definition) is 6. The van der Waals surface area contributed by atoms with Gasteiger partial charge < -0.3 is 4.90 Å². The maximum atomic E-state index is 12.8. The second-order valence-electron chi connectivity index (χ2n) is 8.09. The highest BCUT2D eigenvalue weighted by atomic mass is 32.2. The molecule has 2 aliphatic rings. The van der Waals surface area contributed by atoms with Crippen molar-refractivity contribution < 1.29 is 8.42 Å². The average molecular weight is 455 g/mol. The van der Waals surface area contributed by atoms with E-state index in [0.717, 1.165) is 29.1 Å². The molecule has 1 saturated heterocycles. The van der Waals surface area contributed by atoms with E-state index in [9.17, 15) is 8.42 Å². The summed E-state index contributed by atoms with van der Waals surface area (Å²) in [5.41, 5.74) is 2.31. The number of anilines is 1. The second-order valence-corrected chi connectivity index (χ2v) is 11.0. The first-order valence-electron chi connectivity index (χ1n) is 10.9. The normalized spacial score (nSPS) is 18.4. The number of aryl methyl sites for hydroxylation is 2. The smallest absolute Gasteiger partial charge is 0.236 e. The first-order chi connectivity index (χ1) is 15.1. The topological polar surface area (TPSA) is 66.4 Å². The highest BCUT2D eigenvalue weighted by molar-refractivity contribution is 7.92. The molecule has 3 aromatic rings. The van der Waals surface area contributed by atoms with Crippen LogP contribution in [0.25, 0.3) is 16.3 Å². The molecule has 1 aromatic carbocycles. The number of hydrogen-bond donors (Lipinski definition) is 0. The van der Waals surface area contributed by atoms with E-state index < -0.39 is 10.0 Å². The van der Waals surface area contributed by atoms with Crippen molar-refractivity contribution in [3.63, 3.8) is 0 Å². The fourth-order valence-corrected chi connectivity index (χ4v) is 6.86. The number of fused-ring (bicyclic) bond motifs is 3. The Kier molecular flexibility index (Phi) is 5.77. The van der Waals surface area contributed by atoms with Gasteiger partial charge in [-0.3, -0.25) is 0 Å². The first-order valence-corrected chi connectivity index (χ1v) is 13.2. The molecule has 5 rings (SSSR count). The van der Waals surface area contributed by atoms with Crippen LogP contribution in [0.4, 0.5) is 5.82 Å². The Balaban J connectivity index is 1.34. The average Bonchev–Trinajstić information content (AvgIpc) is 3.00. The van der Waals surface area contributed by atoms with Crippen LogP contribution in [0.2, 0.25) is 0 Å². The van der Waals surface area contributed by atoms with Gasteiger partial charge in [-0.2, -0.15) is 4.31 Å². The molecular formula is C23H26N4O2S2. The van der Waals surface area contributed by atoms with Gasteiger partial charge in [0.25, 0.3) is 0 Å². The lowest BCUT2D eigenvalue weighted by molar-refractivity contribution is 0.389. The zero-order valence-electron chi connectivity index (χ0n) is 17.4. The van der Waals surface area contributed by atoms with E-state index in [1.165, 1.54) is 40.5 Å². The number of thiophene rings is 1. The molecule has 162 valence electrons. The van der Waals surface area contributed by atoms with Gasteiger partial charge in [0.15, 0.2) is 0 Å². The summed E-state index contributed by atoms with van der Waals surface area (Å²) in [5.74, 6) is 0.973. The monoisotopic (exact) mass is 454 g/mol. The molecule has 0 N–H and O–H groups in total. The fraction of sp³-hybridized carbons (Fsp3) is 0.391. The van der Waals surface area contributed by atoms with Crippen LogP contribution < -0.4 is 4.90 Å². The van der Waals surface area contributed by atoms with E-state index in [1.807, 2.05) is 41.7 Å². The molecule has 1 aliphatic carbocycles. The SMILES string of the molecule is O=S(=O)(/C=C/c1ccccc1)N1CCN(c2ncnc3sc4c(c23)CCCCC4)CC1. The van der Waals surface area contributed by atoms with Crippen molar-refractivity contribution >= 4 is 43.5 Å². The summed E-state index contributed by atoms with van der Waals surface area (Å²) >= 11 is 1.81. The van der Waals surface area contributed by atoms with Gasteiger partial charge in [0, 0.05) is 36.5 Å². The maximum Gasteiger partial charge on any atom is 0.236 e. The maximum absolute atomic E-state index is 12.8. The Hall–Kier alpha value is -2.29. The molecule has 0 radical (unpaired) electrons. The summed E-state index contributed by atoms with van der Waals surface area (Å²) in [4.78, 5) is 13.9. The molecule has 8 heteroatoms. The zero-order valence-corrected chi connectivity index (χ0v) is 19.0. The Labute approximate surface area is 187 Å². The number of piperazine rings is 1. The van der Waals surface area contributed by atoms with Crippen LogP contribution in [0.5, 0.6) is 0 Å². The predicted molar refractivity (Wildman–Crippen MR) is 127 cm³/mol. The van der Waals surface area contributed by atoms with Crippen molar-refractivity contribution in [2.45, 2.75) is 32.1 Å². The number of benzene rings is 1. The van der Waals surface area contributed by atoms with Crippen LogP contribution in [0.3, 0.4) is 0 Å². The Morgan fingerprint density at radius 3 is 2.52 bits per heavy atom. The van der Waals surface area contributed by atoms with E-state index in [-0.39, 0.29) is 0 Å². The lowest BCUT2D eigenvalue weighted by Gasteiger charge is -2.34. The highest BCUT2D eigenvalue weighted by Gasteiger charge is 2.28. The highest BCUT2D eigenvalue weighted by Crippen LogP contribution is 2.38. The number of sulfonamides is 1. The molecule has 31 heavy (non-hydrogen) atoms. The van der Waals surface area contributed by atoms with Crippen molar-refractivity contribution in [2.75, 3.05) is 31.1 Å². The summed E-state index contributed by atoms with van der Waals surface area (Å²) in [5, 5.41) is 2.52. The minimum absolute atomic E-state index is 0.458. The van der Waals surface area contributed by atoms with Crippen molar-refractivity contribution in [3.05, 3.63) is 58.1 Å². The predicted octanol–water partition coefficient (Wildman–Crippen LogP) is 4.08. The lowest BCUT2D eigenvalue weighted by atomic mass is 10.1. The summed E-state index contributed by atoms with van der Waals surface area (Å²) in [6, 6.07) is 9.51. The van der Waals surface area contributed by atoms with E-state index in [4.69, 9.17) is 0 Å². The van der Waals surface area contributed by atoms with Crippen LogP contribution in [-0.4, -0.2) is 48.9 Å². The van der Waals surface area contributed by atoms with E-state index in [0.29, 0.717) is 26.2 Å². The van der Waals surface area contributed by atoms with Crippen molar-refractivity contribution in [1.29, 1.82) is 0 Å². The van der Waals surface area contributed by atoms with Crippen LogP contribution in [-0.2, 0) is 22.9 Å². The fourth-order valence-electron chi connectivity index (χ4n) is 4.46. The first kappa shape index (κ1) is 20.6. The molecule has 0 saturated carbocycles. The number of nitrogens with zero attached hydrogens (tertiary/aromatic N) is 4. The van der Waals surface area contributed by atoms with Gasteiger partial charge in [0.2, 0.25) is 10.0 Å². The van der Waals surface area contributed by atoms with Gasteiger partial charge in [-0.1, -0.05) is 36.8 Å². The van der Waals surface area contributed by atoms with Crippen LogP contribution >= 0.6 is 11.3 Å². The van der Waals surface area contributed by atoms with Gasteiger partial charge in [0.1, 0.15) is 17.0 Å². The van der Waals surface area contributed by atoms with Gasteiger partial charge in [-0.05, 0) is 42.9 Å². The standard InChI is InChI=1S/C23H26N4O2S2/c28-31(29,16-11-18-7-3-1-4-8-18)27-14-12-26(13-15-27)22-21-19-9-5-2-6-10-20(19)30-23(21)25-17-24-22/h1,3-4,7-8,11,16-17H,2,5-6,9-10,12-15H2/b16-11+. The van der Waals surface area contributed by atoms with Crippen LogP contribution in [0, 0.1) is 0 Å². The van der Waals surface area contributed by atoms with Crippen LogP contribution in [0.15, 0.2) is 42.1 Å². The van der Waals surface area contributed by atoms with Gasteiger partial charge >= 0.3 is 0 Å². The lowest BCUT2D eigenvalue weighted by Crippen LogP contribution is -2.48. The molecule has 6 nitrogen and oxygen atoms in total. The van der Waals surface area contributed by atoms with Crippen molar-refractivity contribution in [1.82, 2.24) is 14.3 Å². The van der Waals surface area contributed by atoms with E-state index >= 15 is 0 Å². The molecule has 1 fully saturated rings. The van der Waals surface area contributed by atoms with E-state index in [1.54, 1.807) is 16.7 Å². The Morgan fingerprint density at radius 2 is 1.71 bits per heavy atom. The minimum atomic E-state index is -3.44. The molecule has 1 aliphatic heterocycles. The molecular weight excluding hydrogens is 428 g/mol. The molecule has 0 spiro atoms.